The summed E-state index contributed by atoms with van der Waals surface area (Å²) in [6.07, 6.45) is 1.84. The molecule has 0 saturated heterocycles. The number of fused-ring (bicyclic) bond motifs is 1. The average molecular weight is 331 g/mol. The van der Waals surface area contributed by atoms with Gasteiger partial charge in [0.15, 0.2) is 5.65 Å². The number of carbonyl (C=O) groups excluding carboxylic acids is 1. The molecule has 3 heterocycles. The Morgan fingerprint density at radius 1 is 1.48 bits per heavy atom. The van der Waals surface area contributed by atoms with Gasteiger partial charge >= 0.3 is 0 Å². The summed E-state index contributed by atoms with van der Waals surface area (Å²) in [7, 11) is 1.61. The zero-order chi connectivity index (χ0) is 16.4. The highest BCUT2D eigenvalue weighted by molar-refractivity contribution is 7.12. The van der Waals surface area contributed by atoms with Crippen molar-refractivity contribution in [3.63, 3.8) is 0 Å². The van der Waals surface area contributed by atoms with E-state index < -0.39 is 0 Å². The fourth-order valence-electron chi connectivity index (χ4n) is 2.26. The Kier molecular flexibility index (Phi) is 4.26. The molecule has 0 radical (unpaired) electrons. The molecule has 3 aromatic rings. The van der Waals surface area contributed by atoms with Gasteiger partial charge < -0.3 is 15.8 Å². The van der Waals surface area contributed by atoms with Crippen LogP contribution in [0.5, 0.6) is 0 Å². The first-order chi connectivity index (χ1) is 11.1. The summed E-state index contributed by atoms with van der Waals surface area (Å²) in [4.78, 5) is 16.9. The topological polar surface area (TPSA) is 94.5 Å². The van der Waals surface area contributed by atoms with Gasteiger partial charge in [-0.05, 0) is 36.1 Å². The third kappa shape index (κ3) is 3.33. The molecule has 7 nitrogen and oxygen atoms in total. The van der Waals surface area contributed by atoms with Gasteiger partial charge in [0.05, 0.1) is 11.5 Å². The molecule has 23 heavy (non-hydrogen) atoms. The number of ether oxygens (including phenoxy) is 1. The SMILES string of the molecule is COC[C@H](C)NC(=O)c1cc(-c2ccc3nc(N)nn3c2)cs1. The summed E-state index contributed by atoms with van der Waals surface area (Å²) in [5.74, 6) is 0.136. The number of nitrogen functional groups attached to an aromatic ring is 1. The molecule has 0 fully saturated rings. The van der Waals surface area contributed by atoms with Crippen molar-refractivity contribution in [2.24, 2.45) is 0 Å². The molecule has 0 aliphatic carbocycles. The number of aromatic nitrogens is 3. The van der Waals surface area contributed by atoms with Gasteiger partial charge in [0.25, 0.3) is 5.91 Å². The molecule has 120 valence electrons. The lowest BCUT2D eigenvalue weighted by molar-refractivity contribution is 0.0909. The molecule has 1 atom stereocenters. The summed E-state index contributed by atoms with van der Waals surface area (Å²) < 4.78 is 6.65. The van der Waals surface area contributed by atoms with E-state index in [1.54, 1.807) is 11.6 Å². The van der Waals surface area contributed by atoms with Crippen molar-refractivity contribution in [3.8, 4) is 11.1 Å². The number of thiophene rings is 1. The average Bonchev–Trinajstić information content (AvgIpc) is 3.11. The van der Waals surface area contributed by atoms with Gasteiger partial charge in [-0.25, -0.2) is 4.52 Å². The van der Waals surface area contributed by atoms with Crippen LogP contribution in [0.15, 0.2) is 29.8 Å². The van der Waals surface area contributed by atoms with Crippen molar-refractivity contribution in [1.82, 2.24) is 19.9 Å². The van der Waals surface area contributed by atoms with Crippen molar-refractivity contribution in [1.29, 1.82) is 0 Å². The van der Waals surface area contributed by atoms with Crippen LogP contribution in [0.3, 0.4) is 0 Å². The maximum absolute atomic E-state index is 12.2. The Bertz CT molecular complexity index is 841. The van der Waals surface area contributed by atoms with Crippen molar-refractivity contribution < 1.29 is 9.53 Å². The van der Waals surface area contributed by atoms with Crippen LogP contribution in [0.2, 0.25) is 0 Å². The van der Waals surface area contributed by atoms with Crippen LogP contribution >= 0.6 is 11.3 Å². The molecule has 0 spiro atoms. The second-order valence-corrected chi connectivity index (χ2v) is 6.13. The van der Waals surface area contributed by atoms with Gasteiger partial charge in [0.1, 0.15) is 0 Å². The highest BCUT2D eigenvalue weighted by atomic mass is 32.1. The zero-order valence-electron chi connectivity index (χ0n) is 12.8. The van der Waals surface area contributed by atoms with Crippen LogP contribution in [-0.2, 0) is 4.74 Å². The third-order valence-corrected chi connectivity index (χ3v) is 4.23. The predicted octanol–water partition coefficient (Wildman–Crippen LogP) is 1.80. The van der Waals surface area contributed by atoms with Gasteiger partial charge in [0, 0.05) is 24.9 Å². The lowest BCUT2D eigenvalue weighted by Gasteiger charge is -2.11. The number of nitrogens with one attached hydrogen (secondary N) is 1. The van der Waals surface area contributed by atoms with E-state index in [9.17, 15) is 4.79 Å². The molecule has 0 bridgehead atoms. The molecule has 1 amide bonds. The van der Waals surface area contributed by atoms with Gasteiger partial charge in [-0.2, -0.15) is 4.98 Å². The summed E-state index contributed by atoms with van der Waals surface area (Å²) in [6.45, 7) is 2.38. The quantitative estimate of drug-likeness (QED) is 0.743. The van der Waals surface area contributed by atoms with Crippen molar-refractivity contribution in [2.75, 3.05) is 19.5 Å². The molecule has 0 aliphatic heterocycles. The Balaban J connectivity index is 1.81. The first kappa shape index (κ1) is 15.4. The van der Waals surface area contributed by atoms with E-state index in [-0.39, 0.29) is 17.9 Å². The van der Waals surface area contributed by atoms with Crippen molar-refractivity contribution in [3.05, 3.63) is 34.7 Å². The molecular weight excluding hydrogens is 314 g/mol. The molecule has 0 aliphatic rings. The highest BCUT2D eigenvalue weighted by Gasteiger charge is 2.13. The zero-order valence-corrected chi connectivity index (χ0v) is 13.6. The Labute approximate surface area is 137 Å². The van der Waals surface area contributed by atoms with E-state index in [0.29, 0.717) is 17.1 Å². The summed E-state index contributed by atoms with van der Waals surface area (Å²) in [6, 6.07) is 5.60. The minimum Gasteiger partial charge on any atom is -0.383 e. The standard InChI is InChI=1S/C15H17N5O2S/c1-9(7-22-2)17-14(21)12-5-11(8-23-12)10-3-4-13-18-15(16)19-20(13)6-10/h3-6,8-9H,7H2,1-2H3,(H2,16,19)(H,17,21)/t9-/m0/s1. The second kappa shape index (κ2) is 6.35. The number of carbonyl (C=O) groups is 1. The van der Waals surface area contributed by atoms with E-state index in [2.05, 4.69) is 15.4 Å². The molecule has 8 heteroatoms. The summed E-state index contributed by atoms with van der Waals surface area (Å²) in [5.41, 5.74) is 8.18. The maximum Gasteiger partial charge on any atom is 0.261 e. The number of nitrogens with zero attached hydrogens (tertiary/aromatic N) is 3. The normalized spacial score (nSPS) is 12.4. The minimum absolute atomic E-state index is 0.0347. The summed E-state index contributed by atoms with van der Waals surface area (Å²) >= 11 is 1.40. The molecule has 0 unspecified atom stereocenters. The number of rotatable bonds is 5. The number of nitrogens with two attached hydrogens (primary N) is 1. The monoisotopic (exact) mass is 331 g/mol. The van der Waals surface area contributed by atoms with Gasteiger partial charge in [-0.15, -0.1) is 16.4 Å². The number of hydrogen-bond donors (Lipinski definition) is 2. The van der Waals surface area contributed by atoms with Crippen LogP contribution in [0, 0.1) is 0 Å². The van der Waals surface area contributed by atoms with Crippen LogP contribution in [0.25, 0.3) is 16.8 Å². The molecular formula is C15H17N5O2S. The maximum atomic E-state index is 12.2. The smallest absolute Gasteiger partial charge is 0.261 e. The van der Waals surface area contributed by atoms with Crippen LogP contribution in [0.1, 0.15) is 16.6 Å². The number of anilines is 1. The Morgan fingerprint density at radius 2 is 2.30 bits per heavy atom. The Morgan fingerprint density at radius 3 is 3.09 bits per heavy atom. The van der Waals surface area contributed by atoms with Crippen LogP contribution in [-0.4, -0.2) is 40.3 Å². The number of methoxy groups -OCH3 is 1. The van der Waals surface area contributed by atoms with E-state index in [4.69, 9.17) is 10.5 Å². The summed E-state index contributed by atoms with van der Waals surface area (Å²) in [5, 5.41) is 8.93. The molecule has 0 aromatic carbocycles. The van der Waals surface area contributed by atoms with E-state index in [0.717, 1.165) is 11.1 Å². The first-order valence-corrected chi connectivity index (χ1v) is 7.95. The third-order valence-electron chi connectivity index (χ3n) is 3.30. The van der Waals surface area contributed by atoms with Crippen LogP contribution < -0.4 is 11.1 Å². The van der Waals surface area contributed by atoms with Crippen molar-refractivity contribution >= 4 is 28.8 Å². The lowest BCUT2D eigenvalue weighted by atomic mass is 10.1. The van der Waals surface area contributed by atoms with Gasteiger partial charge in [-0.1, -0.05) is 0 Å². The highest BCUT2D eigenvalue weighted by Crippen LogP contribution is 2.26. The van der Waals surface area contributed by atoms with Crippen LogP contribution in [0.4, 0.5) is 5.95 Å². The van der Waals surface area contributed by atoms with Gasteiger partial charge in [0.2, 0.25) is 5.95 Å². The van der Waals surface area contributed by atoms with E-state index in [1.165, 1.54) is 11.3 Å². The lowest BCUT2D eigenvalue weighted by Crippen LogP contribution is -2.35. The predicted molar refractivity (Wildman–Crippen MR) is 89.5 cm³/mol. The van der Waals surface area contributed by atoms with Crippen molar-refractivity contribution in [2.45, 2.75) is 13.0 Å². The van der Waals surface area contributed by atoms with E-state index in [1.807, 2.05) is 36.7 Å². The van der Waals surface area contributed by atoms with Gasteiger partial charge in [-0.3, -0.25) is 4.79 Å². The van der Waals surface area contributed by atoms with E-state index >= 15 is 0 Å². The molecule has 3 N–H and O–H groups in total. The fourth-order valence-corrected chi connectivity index (χ4v) is 3.08. The number of pyridine rings is 1. The fraction of sp³-hybridized carbons (Fsp3) is 0.267. The first-order valence-electron chi connectivity index (χ1n) is 7.07. The minimum atomic E-state index is -0.100. The molecule has 3 aromatic heterocycles. The molecule has 0 saturated carbocycles. The largest absolute Gasteiger partial charge is 0.383 e. The second-order valence-electron chi connectivity index (χ2n) is 5.22. The number of hydrogen-bond acceptors (Lipinski definition) is 6. The number of amides is 1. The Hall–Kier alpha value is -2.45. The molecule has 3 rings (SSSR count).